The monoisotopic (exact) mass is 355 g/mol. The summed E-state index contributed by atoms with van der Waals surface area (Å²) in [7, 11) is 0. The van der Waals surface area contributed by atoms with Gasteiger partial charge in [-0.1, -0.05) is 44.2 Å². The van der Waals surface area contributed by atoms with Crippen molar-refractivity contribution in [2.24, 2.45) is 0 Å². The third-order valence-corrected chi connectivity index (χ3v) is 4.43. The van der Waals surface area contributed by atoms with E-state index in [2.05, 4.69) is 25.2 Å². The highest BCUT2D eigenvalue weighted by Gasteiger charge is 2.15. The Hall–Kier alpha value is -2.49. The Balaban J connectivity index is 1.81. The Morgan fingerprint density at radius 1 is 1.00 bits per heavy atom. The minimum atomic E-state index is -0.557. The Kier molecular flexibility index (Phi) is 7.07. The molecule has 4 heteroatoms. The molecule has 0 saturated heterocycles. The number of ether oxygens (including phenoxy) is 2. The molecule has 4 nitrogen and oxygen atoms in total. The fraction of sp³-hybridized carbons (Fsp3) is 0.409. The van der Waals surface area contributed by atoms with E-state index in [9.17, 15) is 4.79 Å². The summed E-state index contributed by atoms with van der Waals surface area (Å²) in [6.07, 6.45) is -0.557. The molecule has 1 amide bonds. The molecule has 0 aliphatic rings. The first-order valence-corrected chi connectivity index (χ1v) is 9.12. The highest BCUT2D eigenvalue weighted by atomic mass is 16.5. The second-order valence-corrected chi connectivity index (χ2v) is 6.79. The van der Waals surface area contributed by atoms with E-state index in [-0.39, 0.29) is 5.91 Å². The van der Waals surface area contributed by atoms with Crippen LogP contribution in [0.4, 0.5) is 0 Å². The van der Waals surface area contributed by atoms with Crippen molar-refractivity contribution in [1.82, 2.24) is 5.32 Å². The molecule has 1 N–H and O–H groups in total. The van der Waals surface area contributed by atoms with Crippen LogP contribution in [0.25, 0.3) is 0 Å². The lowest BCUT2D eigenvalue weighted by atomic mass is 10.0. The van der Waals surface area contributed by atoms with Crippen molar-refractivity contribution < 1.29 is 14.3 Å². The summed E-state index contributed by atoms with van der Waals surface area (Å²) in [6.45, 7) is 10.9. The van der Waals surface area contributed by atoms with E-state index in [0.29, 0.717) is 19.1 Å². The van der Waals surface area contributed by atoms with Crippen molar-refractivity contribution in [2.75, 3.05) is 13.2 Å². The Morgan fingerprint density at radius 3 is 2.42 bits per heavy atom. The molecule has 2 rings (SSSR count). The number of carbonyl (C=O) groups excluding carboxylic acids is 1. The van der Waals surface area contributed by atoms with Crippen molar-refractivity contribution >= 4 is 5.91 Å². The molecular formula is C22H29NO3. The van der Waals surface area contributed by atoms with Gasteiger partial charge in [0, 0.05) is 0 Å². The van der Waals surface area contributed by atoms with Gasteiger partial charge >= 0.3 is 0 Å². The first-order chi connectivity index (χ1) is 12.4. The van der Waals surface area contributed by atoms with Crippen LogP contribution in [0.1, 0.15) is 43.4 Å². The van der Waals surface area contributed by atoms with Crippen LogP contribution in [-0.4, -0.2) is 25.2 Å². The molecule has 140 valence electrons. The summed E-state index contributed by atoms with van der Waals surface area (Å²) in [4.78, 5) is 12.2. The van der Waals surface area contributed by atoms with Gasteiger partial charge in [-0.15, -0.1) is 0 Å². The summed E-state index contributed by atoms with van der Waals surface area (Å²) in [5.74, 6) is 1.87. The zero-order chi connectivity index (χ0) is 19.1. The maximum Gasteiger partial charge on any atom is 0.260 e. The van der Waals surface area contributed by atoms with Gasteiger partial charge in [0.05, 0.1) is 6.54 Å². The van der Waals surface area contributed by atoms with E-state index in [1.807, 2.05) is 50.2 Å². The van der Waals surface area contributed by atoms with Gasteiger partial charge in [0.15, 0.2) is 6.10 Å². The van der Waals surface area contributed by atoms with Gasteiger partial charge < -0.3 is 14.8 Å². The van der Waals surface area contributed by atoms with Crippen molar-refractivity contribution in [3.8, 4) is 11.5 Å². The van der Waals surface area contributed by atoms with Gasteiger partial charge in [0.25, 0.3) is 5.91 Å². The van der Waals surface area contributed by atoms with Gasteiger partial charge in [-0.05, 0) is 55.5 Å². The molecule has 0 unspecified atom stereocenters. The normalized spacial score (nSPS) is 11.9. The van der Waals surface area contributed by atoms with Gasteiger partial charge in [-0.25, -0.2) is 0 Å². The number of carbonyl (C=O) groups is 1. The SMILES string of the molecule is Cc1cccc(O[C@H](C)C(=O)NCCOc2ccccc2C(C)C)c1C. The topological polar surface area (TPSA) is 47.6 Å². The minimum Gasteiger partial charge on any atom is -0.491 e. The van der Waals surface area contributed by atoms with Crippen LogP contribution in [0.5, 0.6) is 11.5 Å². The van der Waals surface area contributed by atoms with Crippen LogP contribution in [-0.2, 0) is 4.79 Å². The van der Waals surface area contributed by atoms with Crippen molar-refractivity contribution in [3.63, 3.8) is 0 Å². The predicted octanol–water partition coefficient (Wildman–Crippen LogP) is 4.39. The molecule has 2 aromatic rings. The van der Waals surface area contributed by atoms with Gasteiger partial charge in [0.2, 0.25) is 0 Å². The molecule has 0 aliphatic carbocycles. The molecule has 2 aromatic carbocycles. The third-order valence-electron chi connectivity index (χ3n) is 4.43. The number of aryl methyl sites for hydroxylation is 1. The summed E-state index contributed by atoms with van der Waals surface area (Å²) < 4.78 is 11.6. The lowest BCUT2D eigenvalue weighted by Gasteiger charge is -2.18. The Labute approximate surface area is 156 Å². The van der Waals surface area contributed by atoms with E-state index >= 15 is 0 Å². The van der Waals surface area contributed by atoms with Crippen LogP contribution in [0.15, 0.2) is 42.5 Å². The summed E-state index contributed by atoms with van der Waals surface area (Å²) in [6, 6.07) is 13.8. The van der Waals surface area contributed by atoms with Crippen LogP contribution in [0.3, 0.4) is 0 Å². The lowest BCUT2D eigenvalue weighted by Crippen LogP contribution is -2.38. The standard InChI is InChI=1S/C22H29NO3/c1-15(2)19-10-6-7-11-21(19)25-14-13-23-22(24)18(5)26-20-12-8-9-16(3)17(20)4/h6-12,15,18H,13-14H2,1-5H3,(H,23,24)/t18-/m1/s1. The molecule has 0 fully saturated rings. The fourth-order valence-corrected chi connectivity index (χ4v) is 2.66. The molecule has 0 aliphatic heterocycles. The molecule has 0 heterocycles. The highest BCUT2D eigenvalue weighted by Crippen LogP contribution is 2.25. The summed E-state index contributed by atoms with van der Waals surface area (Å²) in [5, 5.41) is 2.87. The minimum absolute atomic E-state index is 0.147. The van der Waals surface area contributed by atoms with E-state index in [1.165, 1.54) is 5.56 Å². The molecule has 0 aromatic heterocycles. The number of rotatable bonds is 8. The largest absolute Gasteiger partial charge is 0.491 e. The number of para-hydroxylation sites is 1. The second-order valence-electron chi connectivity index (χ2n) is 6.79. The summed E-state index contributed by atoms with van der Waals surface area (Å²) in [5.41, 5.74) is 3.37. The third kappa shape index (κ3) is 5.25. The molecule has 26 heavy (non-hydrogen) atoms. The average molecular weight is 355 g/mol. The average Bonchev–Trinajstić information content (AvgIpc) is 2.62. The smallest absolute Gasteiger partial charge is 0.260 e. The summed E-state index contributed by atoms with van der Waals surface area (Å²) >= 11 is 0. The van der Waals surface area contributed by atoms with Gasteiger partial charge in [0.1, 0.15) is 18.1 Å². The van der Waals surface area contributed by atoms with Crippen molar-refractivity contribution in [2.45, 2.75) is 46.6 Å². The zero-order valence-corrected chi connectivity index (χ0v) is 16.3. The number of hydrogen-bond donors (Lipinski definition) is 1. The molecular weight excluding hydrogens is 326 g/mol. The van der Waals surface area contributed by atoms with Gasteiger partial charge in [-0.3, -0.25) is 4.79 Å². The number of amides is 1. The maximum absolute atomic E-state index is 12.2. The van der Waals surface area contributed by atoms with Crippen molar-refractivity contribution in [1.29, 1.82) is 0 Å². The number of benzene rings is 2. The maximum atomic E-state index is 12.2. The van der Waals surface area contributed by atoms with Crippen LogP contribution in [0, 0.1) is 13.8 Å². The molecule has 1 atom stereocenters. The first-order valence-electron chi connectivity index (χ1n) is 9.12. The van der Waals surface area contributed by atoms with E-state index < -0.39 is 6.10 Å². The molecule has 0 saturated carbocycles. The molecule has 0 spiro atoms. The Bertz CT molecular complexity index is 740. The van der Waals surface area contributed by atoms with Crippen LogP contribution < -0.4 is 14.8 Å². The van der Waals surface area contributed by atoms with E-state index in [1.54, 1.807) is 6.92 Å². The van der Waals surface area contributed by atoms with Gasteiger partial charge in [-0.2, -0.15) is 0 Å². The zero-order valence-electron chi connectivity index (χ0n) is 16.3. The quantitative estimate of drug-likeness (QED) is 0.715. The lowest BCUT2D eigenvalue weighted by molar-refractivity contribution is -0.127. The van der Waals surface area contributed by atoms with Crippen LogP contribution in [0.2, 0.25) is 0 Å². The highest BCUT2D eigenvalue weighted by molar-refractivity contribution is 5.80. The first kappa shape index (κ1) is 19.8. The van der Waals surface area contributed by atoms with Crippen molar-refractivity contribution in [3.05, 3.63) is 59.2 Å². The van der Waals surface area contributed by atoms with Crippen LogP contribution >= 0.6 is 0 Å². The number of hydrogen-bond acceptors (Lipinski definition) is 3. The predicted molar refractivity (Wildman–Crippen MR) is 105 cm³/mol. The Morgan fingerprint density at radius 2 is 1.69 bits per heavy atom. The molecule has 0 bridgehead atoms. The molecule has 0 radical (unpaired) electrons. The second kappa shape index (κ2) is 9.27. The number of nitrogens with one attached hydrogen (secondary N) is 1. The van der Waals surface area contributed by atoms with E-state index in [0.717, 1.165) is 22.6 Å². The fourth-order valence-electron chi connectivity index (χ4n) is 2.66. The van der Waals surface area contributed by atoms with E-state index in [4.69, 9.17) is 9.47 Å².